The number of ether oxygens (including phenoxy) is 2. The summed E-state index contributed by atoms with van der Waals surface area (Å²) in [5.74, 6) is 0.0345. The number of aromatic nitrogens is 1. The van der Waals surface area contributed by atoms with E-state index in [4.69, 9.17) is 9.47 Å². The molecule has 2 saturated heterocycles. The first-order valence-corrected chi connectivity index (χ1v) is 13.1. The van der Waals surface area contributed by atoms with Gasteiger partial charge in [-0.2, -0.15) is 0 Å². The maximum Gasteiger partial charge on any atom is 0.256 e. The third kappa shape index (κ3) is 5.49. The van der Waals surface area contributed by atoms with Gasteiger partial charge in [0.25, 0.3) is 11.8 Å². The van der Waals surface area contributed by atoms with Gasteiger partial charge in [0.2, 0.25) is 5.91 Å². The van der Waals surface area contributed by atoms with E-state index < -0.39 is 11.8 Å². The Morgan fingerprint density at radius 2 is 1.77 bits per heavy atom. The third-order valence-electron chi connectivity index (χ3n) is 7.39. The zero-order chi connectivity index (χ0) is 27.4. The zero-order valence-corrected chi connectivity index (χ0v) is 22.1. The fourth-order valence-electron chi connectivity index (χ4n) is 5.26. The molecule has 3 amide bonds. The lowest BCUT2D eigenvalue weighted by Crippen LogP contribution is -2.59. The number of pyridine rings is 1. The second kappa shape index (κ2) is 11.2. The van der Waals surface area contributed by atoms with E-state index >= 15 is 0 Å². The lowest BCUT2D eigenvalue weighted by molar-refractivity contribution is -0.128. The van der Waals surface area contributed by atoms with Crippen LogP contribution in [0.3, 0.4) is 0 Å². The maximum absolute atomic E-state index is 13.9. The number of hydrogen-bond acceptors (Lipinski definition) is 6. The molecule has 3 aromatic rings. The number of rotatable bonds is 6. The van der Waals surface area contributed by atoms with Gasteiger partial charge in [0, 0.05) is 43.3 Å². The van der Waals surface area contributed by atoms with Gasteiger partial charge >= 0.3 is 0 Å². The maximum atomic E-state index is 13.9. The van der Waals surface area contributed by atoms with Gasteiger partial charge in [-0.05, 0) is 55.5 Å². The number of carbonyl (C=O) groups excluding carboxylic acids is 3. The molecule has 1 spiro atoms. The van der Waals surface area contributed by atoms with E-state index in [9.17, 15) is 14.4 Å². The van der Waals surface area contributed by atoms with Crippen molar-refractivity contribution in [3.8, 4) is 5.75 Å². The lowest BCUT2D eigenvalue weighted by atomic mass is 9.95. The van der Waals surface area contributed by atoms with Crippen molar-refractivity contribution < 1.29 is 23.9 Å². The smallest absolute Gasteiger partial charge is 0.256 e. The number of aryl methyl sites for hydroxylation is 1. The minimum Gasteiger partial charge on any atom is -0.497 e. The molecule has 0 unspecified atom stereocenters. The fraction of sp³-hybridized carbons (Fsp3) is 0.333. The molecule has 2 fully saturated rings. The number of likely N-dealkylation sites (tertiary alicyclic amines) is 1. The van der Waals surface area contributed by atoms with Crippen LogP contribution in [0.1, 0.15) is 44.8 Å². The first-order chi connectivity index (χ1) is 18.9. The van der Waals surface area contributed by atoms with E-state index in [0.717, 1.165) is 11.3 Å². The molecule has 0 saturated carbocycles. The van der Waals surface area contributed by atoms with Gasteiger partial charge < -0.3 is 19.7 Å². The van der Waals surface area contributed by atoms with Crippen molar-refractivity contribution in [2.45, 2.75) is 38.1 Å². The van der Waals surface area contributed by atoms with E-state index in [0.29, 0.717) is 42.8 Å². The summed E-state index contributed by atoms with van der Waals surface area (Å²) in [5, 5.41) is 2.92. The van der Waals surface area contributed by atoms with Crippen LogP contribution in [0.4, 0.5) is 0 Å². The van der Waals surface area contributed by atoms with Crippen LogP contribution in [0.25, 0.3) is 0 Å². The molecule has 39 heavy (non-hydrogen) atoms. The van der Waals surface area contributed by atoms with Crippen LogP contribution < -0.4 is 10.1 Å². The normalized spacial score (nSPS) is 18.2. The van der Waals surface area contributed by atoms with Gasteiger partial charge in [0.05, 0.1) is 26.0 Å². The topological polar surface area (TPSA) is 101 Å². The summed E-state index contributed by atoms with van der Waals surface area (Å²) in [4.78, 5) is 48.1. The Kier molecular flexibility index (Phi) is 7.60. The Hall–Kier alpha value is -4.24. The summed E-state index contributed by atoms with van der Waals surface area (Å²) in [6, 6.07) is 19.0. The van der Waals surface area contributed by atoms with Crippen LogP contribution in [-0.2, 0) is 16.1 Å². The summed E-state index contributed by atoms with van der Waals surface area (Å²) in [7, 11) is 1.58. The first kappa shape index (κ1) is 26.4. The SMILES string of the molecule is COc1ccc(C(=O)N2CCC3(CC2)OC[C@@H](C(=O)NCc2ccccn2)N3C(=O)c2cccc(C)c2)cc1. The summed E-state index contributed by atoms with van der Waals surface area (Å²) >= 11 is 0. The van der Waals surface area contributed by atoms with Crippen LogP contribution in [0.5, 0.6) is 5.75 Å². The van der Waals surface area contributed by atoms with Crippen molar-refractivity contribution in [2.24, 2.45) is 0 Å². The molecule has 2 aliphatic rings. The van der Waals surface area contributed by atoms with Gasteiger partial charge in [-0.1, -0.05) is 23.8 Å². The molecule has 1 atom stereocenters. The monoisotopic (exact) mass is 528 g/mol. The van der Waals surface area contributed by atoms with Crippen LogP contribution in [0, 0.1) is 6.92 Å². The van der Waals surface area contributed by atoms with E-state index in [1.807, 2.05) is 43.3 Å². The van der Waals surface area contributed by atoms with Gasteiger partial charge in [0.15, 0.2) is 0 Å². The predicted molar refractivity (Wildman–Crippen MR) is 144 cm³/mol. The molecule has 9 nitrogen and oxygen atoms in total. The molecule has 202 valence electrons. The minimum absolute atomic E-state index is 0.0814. The largest absolute Gasteiger partial charge is 0.497 e. The molecule has 0 bridgehead atoms. The lowest BCUT2D eigenvalue weighted by Gasteiger charge is -2.44. The van der Waals surface area contributed by atoms with Gasteiger partial charge in [-0.3, -0.25) is 24.3 Å². The van der Waals surface area contributed by atoms with E-state index in [1.165, 1.54) is 0 Å². The first-order valence-electron chi connectivity index (χ1n) is 13.1. The molecule has 1 N–H and O–H groups in total. The van der Waals surface area contributed by atoms with Crippen LogP contribution in [-0.4, -0.2) is 71.1 Å². The van der Waals surface area contributed by atoms with E-state index in [1.54, 1.807) is 53.4 Å². The van der Waals surface area contributed by atoms with Gasteiger partial charge in [-0.15, -0.1) is 0 Å². The molecule has 0 radical (unpaired) electrons. The molecular weight excluding hydrogens is 496 g/mol. The van der Waals surface area contributed by atoms with Crippen molar-refractivity contribution in [1.29, 1.82) is 0 Å². The van der Waals surface area contributed by atoms with Crippen LogP contribution >= 0.6 is 0 Å². The van der Waals surface area contributed by atoms with Gasteiger partial charge in [-0.25, -0.2) is 0 Å². The molecule has 9 heteroatoms. The number of nitrogens with zero attached hydrogens (tertiary/aromatic N) is 3. The number of benzene rings is 2. The van der Waals surface area contributed by atoms with Crippen LogP contribution in [0.2, 0.25) is 0 Å². The summed E-state index contributed by atoms with van der Waals surface area (Å²) in [6.07, 6.45) is 2.47. The molecule has 5 rings (SSSR count). The Morgan fingerprint density at radius 1 is 1.00 bits per heavy atom. The number of carbonyl (C=O) groups is 3. The Balaban J connectivity index is 1.35. The average molecular weight is 529 g/mol. The highest BCUT2D eigenvalue weighted by molar-refractivity contribution is 5.99. The second-order valence-corrected chi connectivity index (χ2v) is 9.88. The highest BCUT2D eigenvalue weighted by Gasteiger charge is 2.54. The number of methoxy groups -OCH3 is 1. The van der Waals surface area contributed by atoms with Crippen molar-refractivity contribution in [3.05, 3.63) is 95.3 Å². The third-order valence-corrected chi connectivity index (χ3v) is 7.39. The Morgan fingerprint density at radius 3 is 2.44 bits per heavy atom. The highest BCUT2D eigenvalue weighted by atomic mass is 16.5. The molecule has 2 aliphatic heterocycles. The Bertz CT molecular complexity index is 1340. The minimum atomic E-state index is -0.982. The molecule has 3 heterocycles. The number of nitrogens with one attached hydrogen (secondary N) is 1. The number of piperidine rings is 1. The highest BCUT2D eigenvalue weighted by Crippen LogP contribution is 2.39. The average Bonchev–Trinajstić information content (AvgIpc) is 3.34. The summed E-state index contributed by atoms with van der Waals surface area (Å²) < 4.78 is 11.5. The predicted octanol–water partition coefficient (Wildman–Crippen LogP) is 3.19. The molecule has 1 aromatic heterocycles. The molecule has 0 aliphatic carbocycles. The van der Waals surface area contributed by atoms with Crippen molar-refractivity contribution in [3.63, 3.8) is 0 Å². The van der Waals surface area contributed by atoms with Crippen molar-refractivity contribution in [1.82, 2.24) is 20.1 Å². The van der Waals surface area contributed by atoms with E-state index in [2.05, 4.69) is 10.3 Å². The van der Waals surface area contributed by atoms with Crippen molar-refractivity contribution >= 4 is 17.7 Å². The van der Waals surface area contributed by atoms with E-state index in [-0.39, 0.29) is 30.9 Å². The second-order valence-electron chi connectivity index (χ2n) is 9.88. The Labute approximate surface area is 227 Å². The fourth-order valence-corrected chi connectivity index (χ4v) is 5.26. The number of amides is 3. The summed E-state index contributed by atoms with van der Waals surface area (Å²) in [5.41, 5.74) is 1.76. The summed E-state index contributed by atoms with van der Waals surface area (Å²) in [6.45, 7) is 3.04. The molecular formula is C30H32N4O5. The quantitative estimate of drug-likeness (QED) is 0.528. The van der Waals surface area contributed by atoms with Gasteiger partial charge in [0.1, 0.15) is 17.5 Å². The zero-order valence-electron chi connectivity index (χ0n) is 22.1. The van der Waals surface area contributed by atoms with Crippen LogP contribution in [0.15, 0.2) is 72.9 Å². The molecule has 2 aromatic carbocycles. The standard InChI is InChI=1S/C30H32N4O5/c1-21-6-5-7-23(18-21)29(37)34-26(27(35)32-19-24-8-3-4-15-31-24)20-39-30(34)13-16-33(17-14-30)28(36)22-9-11-25(38-2)12-10-22/h3-12,15,18,26H,13-14,16-17,19-20H2,1-2H3,(H,32,35)/t26-/m0/s1. The van der Waals surface area contributed by atoms with Crippen molar-refractivity contribution in [2.75, 3.05) is 26.8 Å². The number of hydrogen-bond donors (Lipinski definition) is 1.